The molecule has 1 aromatic heterocycles. The molecule has 2 aliphatic heterocycles. The van der Waals surface area contributed by atoms with Crippen LogP contribution in [0.3, 0.4) is 0 Å². The second kappa shape index (κ2) is 9.62. The van der Waals surface area contributed by atoms with Crippen LogP contribution >= 0.6 is 0 Å². The Balaban J connectivity index is 1.24. The molecule has 170 valence electrons. The lowest BCUT2D eigenvalue weighted by atomic mass is 10.0. The summed E-state index contributed by atoms with van der Waals surface area (Å²) in [5, 5.41) is 8.42. The normalized spacial score (nSPS) is 26.8. The topological polar surface area (TPSA) is 71.5 Å². The van der Waals surface area contributed by atoms with E-state index in [-0.39, 0.29) is 18.0 Å². The van der Waals surface area contributed by atoms with Crippen molar-refractivity contribution < 1.29 is 13.9 Å². The van der Waals surface area contributed by atoms with Gasteiger partial charge in [-0.15, -0.1) is 0 Å². The van der Waals surface area contributed by atoms with Crippen molar-refractivity contribution in [3.05, 3.63) is 47.0 Å². The van der Waals surface area contributed by atoms with Crippen LogP contribution in [0, 0.1) is 17.7 Å². The molecule has 2 N–H and O–H groups in total. The number of fused-ring (bicyclic) bond motifs is 2. The third-order valence-corrected chi connectivity index (χ3v) is 6.66. The van der Waals surface area contributed by atoms with Crippen molar-refractivity contribution in [3.63, 3.8) is 0 Å². The van der Waals surface area contributed by atoms with E-state index in [2.05, 4.69) is 25.5 Å². The second-order valence-electron chi connectivity index (χ2n) is 8.81. The molecular weight excluding hydrogens is 409 g/mol. The van der Waals surface area contributed by atoms with E-state index in [1.54, 1.807) is 19.2 Å². The summed E-state index contributed by atoms with van der Waals surface area (Å²) >= 11 is 0. The molecule has 0 saturated carbocycles. The van der Waals surface area contributed by atoms with Gasteiger partial charge in [0.05, 0.1) is 5.35 Å². The van der Waals surface area contributed by atoms with E-state index in [1.807, 2.05) is 12.2 Å². The molecular formula is C24H30FN5O2. The Morgan fingerprint density at radius 3 is 2.62 bits per heavy atom. The van der Waals surface area contributed by atoms with Gasteiger partial charge in [0.25, 0.3) is 0 Å². The summed E-state index contributed by atoms with van der Waals surface area (Å²) < 4.78 is 25.1. The maximum Gasteiger partial charge on any atom is 0.141 e. The lowest BCUT2D eigenvalue weighted by Gasteiger charge is -2.24. The summed E-state index contributed by atoms with van der Waals surface area (Å²) in [6.07, 6.45) is 6.10. The van der Waals surface area contributed by atoms with Crippen LogP contribution in [-0.4, -0.2) is 73.5 Å². The molecule has 4 unspecified atom stereocenters. The number of likely N-dealkylation sites (tertiary alicyclic amines) is 1. The quantitative estimate of drug-likeness (QED) is 0.592. The molecule has 2 fully saturated rings. The summed E-state index contributed by atoms with van der Waals surface area (Å²) in [6, 6.07) is 6.21. The zero-order valence-electron chi connectivity index (χ0n) is 18.3. The van der Waals surface area contributed by atoms with Crippen LogP contribution in [0.25, 0.3) is 12.2 Å². The monoisotopic (exact) mass is 439 g/mol. The number of nitrogens with zero attached hydrogens (tertiary/aromatic N) is 3. The third-order valence-electron chi connectivity index (χ3n) is 6.66. The minimum atomic E-state index is -0.273. The van der Waals surface area contributed by atoms with Crippen molar-refractivity contribution in [2.75, 3.05) is 51.8 Å². The van der Waals surface area contributed by atoms with Crippen LogP contribution < -0.4 is 21.2 Å². The van der Waals surface area contributed by atoms with Crippen LogP contribution in [0.4, 0.5) is 15.9 Å². The van der Waals surface area contributed by atoms with Crippen molar-refractivity contribution >= 4 is 23.7 Å². The maximum absolute atomic E-state index is 13.2. The largest absolute Gasteiger partial charge is 0.374 e. The Kier molecular flexibility index (Phi) is 6.45. The Morgan fingerprint density at radius 1 is 1.09 bits per heavy atom. The van der Waals surface area contributed by atoms with Crippen LogP contribution in [0.2, 0.25) is 0 Å². The van der Waals surface area contributed by atoms with E-state index in [4.69, 9.17) is 9.47 Å². The van der Waals surface area contributed by atoms with Gasteiger partial charge in [-0.25, -0.2) is 14.4 Å². The number of hydrogen-bond acceptors (Lipinski definition) is 7. The van der Waals surface area contributed by atoms with Gasteiger partial charge in [-0.05, 0) is 67.8 Å². The molecule has 3 aliphatic rings. The standard InChI is InChI=1S/C24H30FN5O2/c1-31-22-10-21-20(24(28-15-27-21)29-19-5-3-18(25)4-6-19)9-23(22)32-8-2-7-30-13-16-11-26-12-17(16)14-30/h3-6,9-10,15-17,22-23,26H,2,7-8,11-14H2,1H3,(H,27,28,29). The molecule has 2 aromatic rings. The van der Waals surface area contributed by atoms with Gasteiger partial charge in [0.15, 0.2) is 0 Å². The first-order chi connectivity index (χ1) is 15.7. The van der Waals surface area contributed by atoms with E-state index in [0.717, 1.165) is 54.1 Å². The number of nitrogens with one attached hydrogen (secondary N) is 2. The van der Waals surface area contributed by atoms with E-state index < -0.39 is 0 Å². The molecule has 2 saturated heterocycles. The highest BCUT2D eigenvalue weighted by molar-refractivity contribution is 5.60. The van der Waals surface area contributed by atoms with Gasteiger partial charge in [-0.2, -0.15) is 0 Å². The van der Waals surface area contributed by atoms with E-state index in [9.17, 15) is 4.39 Å². The van der Waals surface area contributed by atoms with Crippen LogP contribution in [0.15, 0.2) is 30.6 Å². The van der Waals surface area contributed by atoms with E-state index in [1.165, 1.54) is 31.5 Å². The summed E-state index contributed by atoms with van der Waals surface area (Å²) in [6.45, 7) is 6.46. The number of anilines is 2. The first-order valence-electron chi connectivity index (χ1n) is 11.3. The highest BCUT2D eigenvalue weighted by Crippen LogP contribution is 2.26. The van der Waals surface area contributed by atoms with Gasteiger partial charge in [-0.1, -0.05) is 0 Å². The fourth-order valence-corrected chi connectivity index (χ4v) is 4.97. The number of benzene rings is 1. The highest BCUT2D eigenvalue weighted by Gasteiger charge is 2.35. The number of rotatable bonds is 8. The van der Waals surface area contributed by atoms with Gasteiger partial charge in [-0.3, -0.25) is 0 Å². The zero-order valence-corrected chi connectivity index (χ0v) is 18.3. The number of hydrogen-bond donors (Lipinski definition) is 2. The van der Waals surface area contributed by atoms with Gasteiger partial charge < -0.3 is 25.0 Å². The number of methoxy groups -OCH3 is 1. The average Bonchev–Trinajstić information content (AvgIpc) is 3.40. The molecule has 0 amide bonds. The molecule has 0 spiro atoms. The number of aromatic nitrogens is 2. The minimum absolute atomic E-state index is 0.201. The molecule has 0 radical (unpaired) electrons. The van der Waals surface area contributed by atoms with Crippen LogP contribution in [-0.2, 0) is 9.47 Å². The summed E-state index contributed by atoms with van der Waals surface area (Å²) in [4.78, 5) is 11.4. The third kappa shape index (κ3) is 4.68. The molecule has 8 heteroatoms. The number of halogens is 1. The molecule has 4 atom stereocenters. The Labute approximate surface area is 187 Å². The molecule has 32 heavy (non-hydrogen) atoms. The van der Waals surface area contributed by atoms with Crippen molar-refractivity contribution in [1.29, 1.82) is 0 Å². The highest BCUT2D eigenvalue weighted by atomic mass is 19.1. The summed E-state index contributed by atoms with van der Waals surface area (Å²) in [5.41, 5.74) is 0.762. The molecule has 1 aromatic carbocycles. The van der Waals surface area contributed by atoms with Crippen molar-refractivity contribution in [2.45, 2.75) is 18.6 Å². The van der Waals surface area contributed by atoms with Crippen LogP contribution in [0.1, 0.15) is 6.42 Å². The first-order valence-corrected chi connectivity index (χ1v) is 11.3. The first kappa shape index (κ1) is 21.5. The smallest absolute Gasteiger partial charge is 0.141 e. The molecule has 3 heterocycles. The zero-order chi connectivity index (χ0) is 21.9. The lowest BCUT2D eigenvalue weighted by Crippen LogP contribution is -2.43. The molecule has 1 aliphatic carbocycles. The Morgan fingerprint density at radius 2 is 1.88 bits per heavy atom. The SMILES string of the molecule is COC1C=c2ncnc(Nc3ccc(F)cc3)c2=CC1OCCCN1CC2CNCC2C1. The van der Waals surface area contributed by atoms with Crippen molar-refractivity contribution in [3.8, 4) is 0 Å². The predicted octanol–water partition coefficient (Wildman–Crippen LogP) is 0.875. The second-order valence-corrected chi connectivity index (χ2v) is 8.81. The Hall–Kier alpha value is -2.39. The molecule has 0 bridgehead atoms. The fourth-order valence-electron chi connectivity index (χ4n) is 4.97. The average molecular weight is 440 g/mol. The lowest BCUT2D eigenvalue weighted by molar-refractivity contribution is 0.00183. The number of ether oxygens (including phenoxy) is 2. The van der Waals surface area contributed by atoms with Gasteiger partial charge in [0.1, 0.15) is 30.2 Å². The minimum Gasteiger partial charge on any atom is -0.374 e. The predicted molar refractivity (Wildman–Crippen MR) is 121 cm³/mol. The maximum atomic E-state index is 13.2. The van der Waals surface area contributed by atoms with Gasteiger partial charge >= 0.3 is 0 Å². The van der Waals surface area contributed by atoms with Crippen LogP contribution in [0.5, 0.6) is 0 Å². The Bertz CT molecular complexity index is 1040. The van der Waals surface area contributed by atoms with Crippen molar-refractivity contribution in [1.82, 2.24) is 20.2 Å². The molecule has 7 nitrogen and oxygen atoms in total. The summed E-state index contributed by atoms with van der Waals surface area (Å²) in [7, 11) is 1.69. The van der Waals surface area contributed by atoms with E-state index in [0.29, 0.717) is 12.4 Å². The van der Waals surface area contributed by atoms with E-state index >= 15 is 0 Å². The molecule has 5 rings (SSSR count). The summed E-state index contributed by atoms with van der Waals surface area (Å²) in [5.74, 6) is 2.03. The van der Waals surface area contributed by atoms with Crippen molar-refractivity contribution in [2.24, 2.45) is 11.8 Å². The van der Waals surface area contributed by atoms with Gasteiger partial charge in [0.2, 0.25) is 0 Å². The van der Waals surface area contributed by atoms with Gasteiger partial charge in [0, 0.05) is 44.3 Å². The fraction of sp³-hybridized carbons (Fsp3) is 0.500.